The van der Waals surface area contributed by atoms with Crippen LogP contribution in [-0.2, 0) is 0 Å². The molecule has 0 aliphatic heterocycles. The molecule has 0 saturated carbocycles. The van der Waals surface area contributed by atoms with Crippen LogP contribution in [0.25, 0.3) is 0 Å². The molecule has 1 nitrogen and oxygen atoms in total. The van der Waals surface area contributed by atoms with E-state index >= 15 is 0 Å². The number of hydrogen-bond acceptors (Lipinski definition) is 1. The smallest absolute Gasteiger partial charge is 0.0792 e. The third kappa shape index (κ3) is 4.91. The van der Waals surface area contributed by atoms with Crippen LogP contribution in [0, 0.1) is 12.8 Å². The first-order chi connectivity index (χ1) is 8.17. The Labute approximate surface area is 106 Å². The molecule has 0 bridgehead atoms. The Kier molecular flexibility index (Phi) is 6.28. The van der Waals surface area contributed by atoms with E-state index in [9.17, 15) is 5.11 Å². The topological polar surface area (TPSA) is 20.2 Å². The van der Waals surface area contributed by atoms with Crippen LogP contribution in [0.2, 0.25) is 0 Å². The lowest BCUT2D eigenvalue weighted by Gasteiger charge is -2.19. The Morgan fingerprint density at radius 1 is 1.12 bits per heavy atom. The monoisotopic (exact) mass is 234 g/mol. The summed E-state index contributed by atoms with van der Waals surface area (Å²) in [7, 11) is 0. The minimum absolute atomic E-state index is 0.294. The average molecular weight is 234 g/mol. The predicted molar refractivity (Wildman–Crippen MR) is 74.1 cm³/mol. The molecule has 2 unspecified atom stereocenters. The lowest BCUT2D eigenvalue weighted by molar-refractivity contribution is 0.139. The zero-order valence-corrected chi connectivity index (χ0v) is 11.4. The molecule has 96 valence electrons. The normalized spacial score (nSPS) is 14.6. The van der Waals surface area contributed by atoms with Gasteiger partial charge in [-0.25, -0.2) is 0 Å². The van der Waals surface area contributed by atoms with Crippen LogP contribution < -0.4 is 0 Å². The molecule has 0 amide bonds. The molecule has 1 aromatic carbocycles. The van der Waals surface area contributed by atoms with Gasteiger partial charge in [-0.2, -0.15) is 0 Å². The van der Waals surface area contributed by atoms with Crippen molar-refractivity contribution in [2.75, 3.05) is 0 Å². The number of benzene rings is 1. The van der Waals surface area contributed by atoms with Crippen molar-refractivity contribution < 1.29 is 5.11 Å². The van der Waals surface area contributed by atoms with Gasteiger partial charge in [-0.05, 0) is 24.8 Å². The van der Waals surface area contributed by atoms with E-state index in [-0.39, 0.29) is 6.10 Å². The zero-order valence-electron chi connectivity index (χ0n) is 11.4. The van der Waals surface area contributed by atoms with Gasteiger partial charge in [0.2, 0.25) is 0 Å². The molecule has 2 atom stereocenters. The van der Waals surface area contributed by atoms with Crippen LogP contribution in [0.4, 0.5) is 0 Å². The second-order valence-electron chi connectivity index (χ2n) is 5.08. The second kappa shape index (κ2) is 7.50. The van der Waals surface area contributed by atoms with Gasteiger partial charge in [0, 0.05) is 0 Å². The third-order valence-electron chi connectivity index (χ3n) is 3.56. The van der Waals surface area contributed by atoms with Crippen molar-refractivity contribution >= 4 is 0 Å². The summed E-state index contributed by atoms with van der Waals surface area (Å²) in [4.78, 5) is 0. The predicted octanol–water partition coefficient (Wildman–Crippen LogP) is 4.63. The summed E-state index contributed by atoms with van der Waals surface area (Å²) in [5.74, 6) is 0.659. The van der Waals surface area contributed by atoms with Crippen LogP contribution in [0.1, 0.15) is 63.2 Å². The van der Waals surface area contributed by atoms with Crippen molar-refractivity contribution in [3.8, 4) is 0 Å². The molecular weight excluding hydrogens is 208 g/mol. The van der Waals surface area contributed by atoms with Gasteiger partial charge in [-0.3, -0.25) is 0 Å². The molecule has 0 aromatic heterocycles. The summed E-state index contributed by atoms with van der Waals surface area (Å²) < 4.78 is 0. The maximum absolute atomic E-state index is 10.2. The second-order valence-corrected chi connectivity index (χ2v) is 5.08. The van der Waals surface area contributed by atoms with Crippen LogP contribution >= 0.6 is 0 Å². The van der Waals surface area contributed by atoms with Crippen LogP contribution in [0.3, 0.4) is 0 Å². The summed E-state index contributed by atoms with van der Waals surface area (Å²) in [6.45, 7) is 6.53. The van der Waals surface area contributed by atoms with Gasteiger partial charge < -0.3 is 5.11 Å². The summed E-state index contributed by atoms with van der Waals surface area (Å²) >= 11 is 0. The minimum Gasteiger partial charge on any atom is -0.388 e. The Bertz CT molecular complexity index is 302. The lowest BCUT2D eigenvalue weighted by atomic mass is 9.90. The van der Waals surface area contributed by atoms with Gasteiger partial charge in [-0.1, -0.05) is 69.4 Å². The van der Waals surface area contributed by atoms with E-state index in [1.807, 2.05) is 12.1 Å². The maximum Gasteiger partial charge on any atom is 0.0792 e. The van der Waals surface area contributed by atoms with Crippen molar-refractivity contribution in [3.63, 3.8) is 0 Å². The first-order valence-corrected chi connectivity index (χ1v) is 6.92. The summed E-state index contributed by atoms with van der Waals surface area (Å²) in [6, 6.07) is 8.25. The highest BCUT2D eigenvalue weighted by Gasteiger charge is 2.14. The van der Waals surface area contributed by atoms with E-state index in [0.29, 0.717) is 5.92 Å². The Hall–Kier alpha value is -0.820. The van der Waals surface area contributed by atoms with E-state index < -0.39 is 0 Å². The Morgan fingerprint density at radius 3 is 2.29 bits per heavy atom. The van der Waals surface area contributed by atoms with E-state index in [1.54, 1.807) is 0 Å². The number of aryl methyl sites for hydroxylation is 1. The molecule has 0 aliphatic carbocycles. The zero-order chi connectivity index (χ0) is 12.7. The molecule has 0 fully saturated rings. The maximum atomic E-state index is 10.2. The van der Waals surface area contributed by atoms with Crippen molar-refractivity contribution in [3.05, 3.63) is 35.4 Å². The van der Waals surface area contributed by atoms with Gasteiger partial charge >= 0.3 is 0 Å². The quantitative estimate of drug-likeness (QED) is 0.729. The molecule has 0 spiro atoms. The van der Waals surface area contributed by atoms with E-state index in [1.165, 1.54) is 31.2 Å². The van der Waals surface area contributed by atoms with Gasteiger partial charge in [0.1, 0.15) is 0 Å². The fraction of sp³-hybridized carbons (Fsp3) is 0.625. The molecule has 17 heavy (non-hydrogen) atoms. The number of rotatable bonds is 7. The summed E-state index contributed by atoms with van der Waals surface area (Å²) in [5, 5.41) is 10.2. The summed E-state index contributed by atoms with van der Waals surface area (Å²) in [6.07, 6.45) is 5.55. The first kappa shape index (κ1) is 14.2. The van der Waals surface area contributed by atoms with Gasteiger partial charge in [0.05, 0.1) is 6.10 Å². The highest BCUT2D eigenvalue weighted by molar-refractivity contribution is 5.23. The van der Waals surface area contributed by atoms with Crippen LogP contribution in [0.15, 0.2) is 24.3 Å². The summed E-state index contributed by atoms with van der Waals surface area (Å²) in [5.41, 5.74) is 2.31. The highest BCUT2D eigenvalue weighted by Crippen LogP contribution is 2.26. The SMILES string of the molecule is CCCCC(CC)CC(O)c1ccc(C)cc1. The van der Waals surface area contributed by atoms with E-state index in [2.05, 4.69) is 32.9 Å². The fourth-order valence-corrected chi connectivity index (χ4v) is 2.22. The number of aliphatic hydroxyl groups is 1. The van der Waals surface area contributed by atoms with Crippen molar-refractivity contribution in [2.24, 2.45) is 5.92 Å². The number of unbranched alkanes of at least 4 members (excludes halogenated alkanes) is 1. The first-order valence-electron chi connectivity index (χ1n) is 6.92. The van der Waals surface area contributed by atoms with Crippen LogP contribution in [-0.4, -0.2) is 5.11 Å². The van der Waals surface area contributed by atoms with Crippen molar-refractivity contribution in [2.45, 2.75) is 59.0 Å². The largest absolute Gasteiger partial charge is 0.388 e. The minimum atomic E-state index is -0.294. The highest BCUT2D eigenvalue weighted by atomic mass is 16.3. The molecule has 0 radical (unpaired) electrons. The van der Waals surface area contributed by atoms with Crippen molar-refractivity contribution in [1.29, 1.82) is 0 Å². The molecule has 1 aromatic rings. The van der Waals surface area contributed by atoms with Crippen LogP contribution in [0.5, 0.6) is 0 Å². The molecular formula is C16H26O. The van der Waals surface area contributed by atoms with E-state index in [4.69, 9.17) is 0 Å². The Balaban J connectivity index is 2.51. The number of aliphatic hydroxyl groups excluding tert-OH is 1. The van der Waals surface area contributed by atoms with Gasteiger partial charge in [-0.15, -0.1) is 0 Å². The molecule has 0 saturated heterocycles. The number of hydrogen-bond donors (Lipinski definition) is 1. The molecule has 1 N–H and O–H groups in total. The van der Waals surface area contributed by atoms with Gasteiger partial charge in [0.25, 0.3) is 0 Å². The van der Waals surface area contributed by atoms with Gasteiger partial charge in [0.15, 0.2) is 0 Å². The fourth-order valence-electron chi connectivity index (χ4n) is 2.22. The Morgan fingerprint density at radius 2 is 1.76 bits per heavy atom. The average Bonchev–Trinajstić information content (AvgIpc) is 2.35. The molecule has 0 heterocycles. The van der Waals surface area contributed by atoms with E-state index in [0.717, 1.165) is 12.0 Å². The molecule has 1 heteroatoms. The standard InChI is InChI=1S/C16H26O/c1-4-6-7-14(5-2)12-16(17)15-10-8-13(3)9-11-15/h8-11,14,16-17H,4-7,12H2,1-3H3. The molecule has 1 rings (SSSR count). The lowest BCUT2D eigenvalue weighted by Crippen LogP contribution is -2.07. The van der Waals surface area contributed by atoms with Crippen molar-refractivity contribution in [1.82, 2.24) is 0 Å². The molecule has 0 aliphatic rings. The third-order valence-corrected chi connectivity index (χ3v) is 3.56.